The maximum atomic E-state index is 12.5. The quantitative estimate of drug-likeness (QED) is 0.368. The van der Waals surface area contributed by atoms with E-state index in [2.05, 4.69) is 10.0 Å². The molecule has 0 aromatic heterocycles. The summed E-state index contributed by atoms with van der Waals surface area (Å²) in [5.41, 5.74) is 9.66. The van der Waals surface area contributed by atoms with Crippen LogP contribution in [0.4, 0.5) is 4.39 Å². The Hall–Kier alpha value is -3.07. The Morgan fingerprint density at radius 2 is 1.64 bits per heavy atom. The summed E-state index contributed by atoms with van der Waals surface area (Å²) >= 11 is 0. The number of carbonyl (C=O) groups excluding carboxylic acids is 1. The van der Waals surface area contributed by atoms with Gasteiger partial charge in [0.25, 0.3) is 0 Å². The second kappa shape index (κ2) is 13.3. The van der Waals surface area contributed by atoms with Gasteiger partial charge < -0.3 is 11.1 Å². The fourth-order valence-electron chi connectivity index (χ4n) is 4.16. The zero-order valence-corrected chi connectivity index (χ0v) is 21.3. The minimum absolute atomic E-state index is 0.0666. The molecule has 3 aromatic carbocycles. The third-order valence-corrected chi connectivity index (χ3v) is 7.81. The number of hydrogen-bond acceptors (Lipinski definition) is 4. The summed E-state index contributed by atoms with van der Waals surface area (Å²) in [6, 6.07) is 21.1. The molecule has 1 aliphatic carbocycles. The smallest absolute Gasteiger partial charge is 0.240 e. The SMILES string of the molecule is C[C@@H](NC=O)c1ccc(F)cc1.NCc1cccc(-c2ccc(S(=O)(=O)NC3CCCCC3)cc2)c1. The van der Waals surface area contributed by atoms with E-state index in [9.17, 15) is 17.6 Å². The van der Waals surface area contributed by atoms with Crippen LogP contribution in [0.15, 0.2) is 77.7 Å². The molecule has 4 rings (SSSR count). The minimum Gasteiger partial charge on any atom is -0.352 e. The average Bonchev–Trinajstić information content (AvgIpc) is 2.90. The first-order valence-electron chi connectivity index (χ1n) is 12.2. The van der Waals surface area contributed by atoms with Gasteiger partial charge in [-0.1, -0.05) is 61.7 Å². The van der Waals surface area contributed by atoms with E-state index in [1.165, 1.54) is 18.6 Å². The molecule has 1 fully saturated rings. The van der Waals surface area contributed by atoms with Crippen LogP contribution in [0.3, 0.4) is 0 Å². The normalized spacial score (nSPS) is 14.9. The number of amides is 1. The maximum Gasteiger partial charge on any atom is 0.240 e. The third-order valence-electron chi connectivity index (χ3n) is 6.28. The number of nitrogens with one attached hydrogen (secondary N) is 2. The van der Waals surface area contributed by atoms with Crippen molar-refractivity contribution in [3.63, 3.8) is 0 Å². The summed E-state index contributed by atoms with van der Waals surface area (Å²) in [4.78, 5) is 10.4. The van der Waals surface area contributed by atoms with Gasteiger partial charge in [0.1, 0.15) is 5.82 Å². The van der Waals surface area contributed by atoms with E-state index in [1.54, 1.807) is 24.3 Å². The van der Waals surface area contributed by atoms with Crippen LogP contribution >= 0.6 is 0 Å². The topological polar surface area (TPSA) is 101 Å². The van der Waals surface area contributed by atoms with Gasteiger partial charge in [0, 0.05) is 12.6 Å². The van der Waals surface area contributed by atoms with Crippen molar-refractivity contribution >= 4 is 16.4 Å². The molecule has 1 saturated carbocycles. The fourth-order valence-corrected chi connectivity index (χ4v) is 5.47. The van der Waals surface area contributed by atoms with Crippen molar-refractivity contribution in [3.05, 3.63) is 89.7 Å². The number of carbonyl (C=O) groups is 1. The van der Waals surface area contributed by atoms with Gasteiger partial charge in [-0.05, 0) is 72.4 Å². The second-order valence-electron chi connectivity index (χ2n) is 8.94. The van der Waals surface area contributed by atoms with Crippen LogP contribution in [-0.4, -0.2) is 20.9 Å². The van der Waals surface area contributed by atoms with Crippen molar-refractivity contribution < 1.29 is 17.6 Å². The molecule has 0 radical (unpaired) electrons. The molecule has 0 heterocycles. The highest BCUT2D eigenvalue weighted by molar-refractivity contribution is 7.89. The van der Waals surface area contributed by atoms with E-state index < -0.39 is 10.0 Å². The first-order valence-corrected chi connectivity index (χ1v) is 13.7. The Kier molecular flexibility index (Phi) is 10.2. The molecule has 1 aliphatic rings. The molecule has 6 nitrogen and oxygen atoms in total. The lowest BCUT2D eigenvalue weighted by molar-refractivity contribution is -0.110. The summed E-state index contributed by atoms with van der Waals surface area (Å²) in [6.07, 6.45) is 5.91. The van der Waals surface area contributed by atoms with Crippen molar-refractivity contribution in [3.8, 4) is 11.1 Å². The first kappa shape index (κ1) is 27.5. The lowest BCUT2D eigenvalue weighted by Gasteiger charge is -2.22. The molecule has 192 valence electrons. The lowest BCUT2D eigenvalue weighted by Crippen LogP contribution is -2.36. The van der Waals surface area contributed by atoms with Gasteiger partial charge in [-0.15, -0.1) is 0 Å². The molecular weight excluding hydrogens is 477 g/mol. The summed E-state index contributed by atoms with van der Waals surface area (Å²) in [7, 11) is -3.44. The Bertz CT molecular complexity index is 1210. The summed E-state index contributed by atoms with van der Waals surface area (Å²) in [5.74, 6) is -0.267. The van der Waals surface area contributed by atoms with Crippen LogP contribution in [0, 0.1) is 5.82 Å². The summed E-state index contributed by atoms with van der Waals surface area (Å²) < 4.78 is 40.3. The Morgan fingerprint density at radius 1 is 0.972 bits per heavy atom. The van der Waals surface area contributed by atoms with E-state index in [4.69, 9.17) is 5.73 Å². The number of nitrogens with two attached hydrogens (primary N) is 1. The Balaban J connectivity index is 0.000000253. The van der Waals surface area contributed by atoms with Gasteiger partial charge >= 0.3 is 0 Å². The zero-order chi connectivity index (χ0) is 26.0. The van der Waals surface area contributed by atoms with Crippen LogP contribution < -0.4 is 15.8 Å². The number of halogens is 1. The molecular formula is C28H34FN3O3S. The number of benzene rings is 3. The van der Waals surface area contributed by atoms with E-state index in [-0.39, 0.29) is 17.9 Å². The standard InChI is InChI=1S/C19H24N2O2S.C9H10FNO/c20-14-15-5-4-6-17(13-15)16-9-11-19(12-10-16)24(22,23)21-18-7-2-1-3-8-18;1-7(11-6-12)8-2-4-9(10)5-3-8/h4-6,9-13,18,21H,1-3,7-8,14,20H2;2-7H,1H3,(H,11,12)/t;7-/m.1/s1. The minimum atomic E-state index is -3.44. The lowest BCUT2D eigenvalue weighted by atomic mass is 9.96. The molecule has 0 spiro atoms. The molecule has 0 bridgehead atoms. The molecule has 4 N–H and O–H groups in total. The molecule has 8 heteroatoms. The van der Waals surface area contributed by atoms with Crippen LogP contribution in [-0.2, 0) is 21.4 Å². The van der Waals surface area contributed by atoms with Crippen LogP contribution in [0.5, 0.6) is 0 Å². The fraction of sp³-hybridized carbons (Fsp3) is 0.321. The van der Waals surface area contributed by atoms with Gasteiger partial charge in [-0.3, -0.25) is 4.79 Å². The van der Waals surface area contributed by atoms with E-state index in [1.807, 2.05) is 43.3 Å². The van der Waals surface area contributed by atoms with E-state index >= 15 is 0 Å². The first-order chi connectivity index (χ1) is 17.3. The largest absolute Gasteiger partial charge is 0.352 e. The van der Waals surface area contributed by atoms with Crippen molar-refractivity contribution in [1.29, 1.82) is 0 Å². The molecule has 36 heavy (non-hydrogen) atoms. The van der Waals surface area contributed by atoms with Crippen molar-refractivity contribution in [2.75, 3.05) is 0 Å². The van der Waals surface area contributed by atoms with Gasteiger partial charge in [0.2, 0.25) is 16.4 Å². The van der Waals surface area contributed by atoms with Crippen molar-refractivity contribution in [1.82, 2.24) is 10.0 Å². The molecule has 0 saturated heterocycles. The van der Waals surface area contributed by atoms with E-state index in [0.717, 1.165) is 47.9 Å². The Labute approximate surface area is 213 Å². The third kappa shape index (κ3) is 7.98. The highest BCUT2D eigenvalue weighted by Gasteiger charge is 2.21. The number of hydrogen-bond donors (Lipinski definition) is 3. The monoisotopic (exact) mass is 511 g/mol. The van der Waals surface area contributed by atoms with E-state index in [0.29, 0.717) is 17.9 Å². The predicted octanol–water partition coefficient (Wildman–Crippen LogP) is 5.06. The van der Waals surface area contributed by atoms with Crippen molar-refractivity contribution in [2.45, 2.75) is 62.6 Å². The van der Waals surface area contributed by atoms with Crippen LogP contribution in [0.1, 0.15) is 56.2 Å². The van der Waals surface area contributed by atoms with Gasteiger partial charge in [0.15, 0.2) is 0 Å². The number of sulfonamides is 1. The highest BCUT2D eigenvalue weighted by Crippen LogP contribution is 2.24. The second-order valence-corrected chi connectivity index (χ2v) is 10.7. The molecule has 1 atom stereocenters. The zero-order valence-electron chi connectivity index (χ0n) is 20.5. The van der Waals surface area contributed by atoms with Gasteiger partial charge in [-0.2, -0.15) is 0 Å². The summed E-state index contributed by atoms with van der Waals surface area (Å²) in [6.45, 7) is 2.33. The van der Waals surface area contributed by atoms with Crippen LogP contribution in [0.25, 0.3) is 11.1 Å². The van der Waals surface area contributed by atoms with Gasteiger partial charge in [0.05, 0.1) is 10.9 Å². The maximum absolute atomic E-state index is 12.5. The molecule has 0 aliphatic heterocycles. The van der Waals surface area contributed by atoms with Crippen LogP contribution in [0.2, 0.25) is 0 Å². The number of rotatable bonds is 8. The highest BCUT2D eigenvalue weighted by atomic mass is 32.2. The predicted molar refractivity (Wildman–Crippen MR) is 141 cm³/mol. The Morgan fingerprint density at radius 3 is 2.25 bits per heavy atom. The molecule has 0 unspecified atom stereocenters. The molecule has 1 amide bonds. The van der Waals surface area contributed by atoms with Crippen molar-refractivity contribution in [2.24, 2.45) is 5.73 Å². The van der Waals surface area contributed by atoms with Gasteiger partial charge in [-0.25, -0.2) is 17.5 Å². The molecule has 3 aromatic rings. The average molecular weight is 512 g/mol. The summed E-state index contributed by atoms with van der Waals surface area (Å²) in [5, 5.41) is 2.58.